The number of halogens is 1. The Kier molecular flexibility index (Phi) is 5.33. The van der Waals surface area contributed by atoms with Crippen molar-refractivity contribution < 1.29 is 4.79 Å². The second-order valence-corrected chi connectivity index (χ2v) is 8.70. The SMILES string of the molecule is Cc1ccc(Nc2ncc(C(=O)N3CCCC3c3ccc(C)s3)cc2Cl)cn1. The molecule has 4 rings (SSSR count). The van der Waals surface area contributed by atoms with Crippen molar-refractivity contribution in [1.82, 2.24) is 14.9 Å². The molecule has 1 saturated heterocycles. The third-order valence-electron chi connectivity index (χ3n) is 4.87. The van der Waals surface area contributed by atoms with Crippen molar-refractivity contribution in [3.8, 4) is 0 Å². The van der Waals surface area contributed by atoms with Crippen molar-refractivity contribution in [2.75, 3.05) is 11.9 Å². The van der Waals surface area contributed by atoms with Crippen molar-refractivity contribution >= 4 is 40.4 Å². The summed E-state index contributed by atoms with van der Waals surface area (Å²) in [4.78, 5) is 26.2. The van der Waals surface area contributed by atoms with Gasteiger partial charge in [0.1, 0.15) is 5.82 Å². The molecule has 5 nitrogen and oxygen atoms in total. The van der Waals surface area contributed by atoms with Gasteiger partial charge in [0.05, 0.1) is 28.5 Å². The second-order valence-electron chi connectivity index (χ2n) is 6.97. The Hall–Kier alpha value is -2.44. The van der Waals surface area contributed by atoms with Crippen LogP contribution in [0.2, 0.25) is 5.02 Å². The lowest BCUT2D eigenvalue weighted by molar-refractivity contribution is 0.0737. The maximum absolute atomic E-state index is 13.1. The first-order chi connectivity index (χ1) is 13.5. The molecule has 1 unspecified atom stereocenters. The van der Waals surface area contributed by atoms with E-state index in [-0.39, 0.29) is 11.9 Å². The predicted molar refractivity (Wildman–Crippen MR) is 114 cm³/mol. The Morgan fingerprint density at radius 1 is 1.21 bits per heavy atom. The highest BCUT2D eigenvalue weighted by Gasteiger charge is 2.31. The van der Waals surface area contributed by atoms with Crippen LogP contribution in [0.3, 0.4) is 0 Å². The van der Waals surface area contributed by atoms with E-state index in [0.29, 0.717) is 16.4 Å². The van der Waals surface area contributed by atoms with Crippen LogP contribution in [0.4, 0.5) is 11.5 Å². The number of nitrogens with one attached hydrogen (secondary N) is 1. The molecule has 0 radical (unpaired) electrons. The summed E-state index contributed by atoms with van der Waals surface area (Å²) in [6.45, 7) is 4.78. The molecule has 1 amide bonds. The zero-order valence-corrected chi connectivity index (χ0v) is 17.3. The molecule has 4 heterocycles. The van der Waals surface area contributed by atoms with Gasteiger partial charge in [-0.2, -0.15) is 0 Å². The molecule has 1 aliphatic heterocycles. The molecule has 0 bridgehead atoms. The summed E-state index contributed by atoms with van der Waals surface area (Å²) in [5.74, 6) is 0.488. The Morgan fingerprint density at radius 3 is 2.75 bits per heavy atom. The molecule has 1 aliphatic rings. The first kappa shape index (κ1) is 18.9. The number of carbonyl (C=O) groups excluding carboxylic acids is 1. The molecular weight excluding hydrogens is 392 g/mol. The molecule has 0 aliphatic carbocycles. The molecule has 28 heavy (non-hydrogen) atoms. The number of hydrogen-bond donors (Lipinski definition) is 1. The van der Waals surface area contributed by atoms with Crippen LogP contribution in [0.25, 0.3) is 0 Å². The smallest absolute Gasteiger partial charge is 0.256 e. The van der Waals surface area contributed by atoms with Gasteiger partial charge in [0.25, 0.3) is 5.91 Å². The molecular formula is C21H21ClN4OS. The summed E-state index contributed by atoms with van der Waals surface area (Å²) in [7, 11) is 0. The fourth-order valence-electron chi connectivity index (χ4n) is 3.43. The number of aryl methyl sites for hydroxylation is 2. The van der Waals surface area contributed by atoms with Gasteiger partial charge >= 0.3 is 0 Å². The molecule has 0 spiro atoms. The Labute approximate surface area is 173 Å². The van der Waals surface area contributed by atoms with Crippen LogP contribution < -0.4 is 5.32 Å². The van der Waals surface area contributed by atoms with Crippen LogP contribution in [-0.4, -0.2) is 27.3 Å². The molecule has 0 saturated carbocycles. The summed E-state index contributed by atoms with van der Waals surface area (Å²) in [6.07, 6.45) is 5.32. The van der Waals surface area contributed by atoms with E-state index >= 15 is 0 Å². The minimum Gasteiger partial charge on any atom is -0.338 e. The number of amides is 1. The maximum Gasteiger partial charge on any atom is 0.256 e. The minimum absolute atomic E-state index is 0.0218. The maximum atomic E-state index is 13.1. The molecule has 144 valence electrons. The molecule has 1 fully saturated rings. The van der Waals surface area contributed by atoms with Crippen LogP contribution in [0.1, 0.15) is 44.7 Å². The van der Waals surface area contributed by atoms with Gasteiger partial charge in [-0.05, 0) is 57.0 Å². The van der Waals surface area contributed by atoms with E-state index in [9.17, 15) is 4.79 Å². The molecule has 7 heteroatoms. The number of anilines is 2. The van der Waals surface area contributed by atoms with Crippen molar-refractivity contribution in [2.24, 2.45) is 0 Å². The number of carbonyl (C=O) groups is 1. The van der Waals surface area contributed by atoms with Crippen molar-refractivity contribution in [2.45, 2.75) is 32.7 Å². The summed E-state index contributed by atoms with van der Waals surface area (Å²) >= 11 is 8.16. The fraction of sp³-hybridized carbons (Fsp3) is 0.286. The standard InChI is InChI=1S/C21H21ClN4OS/c1-13-5-7-16(12-23-13)25-20-17(22)10-15(11-24-20)21(27)26-9-3-4-18(26)19-8-6-14(2)28-19/h5-8,10-12,18H,3-4,9H2,1-2H3,(H,24,25). The molecule has 1 N–H and O–H groups in total. The van der Waals surface area contributed by atoms with E-state index in [2.05, 4.69) is 34.3 Å². The predicted octanol–water partition coefficient (Wildman–Crippen LogP) is 5.53. The van der Waals surface area contributed by atoms with E-state index in [1.54, 1.807) is 29.8 Å². The van der Waals surface area contributed by atoms with Gasteiger partial charge in [0.15, 0.2) is 0 Å². The summed E-state index contributed by atoms with van der Waals surface area (Å²) in [6, 6.07) is 9.90. The molecule has 1 atom stereocenters. The average Bonchev–Trinajstić information content (AvgIpc) is 3.33. The molecule has 3 aromatic rings. The van der Waals surface area contributed by atoms with E-state index in [0.717, 1.165) is 30.8 Å². The Bertz CT molecular complexity index is 1000. The number of pyridine rings is 2. The van der Waals surface area contributed by atoms with E-state index in [1.807, 2.05) is 24.0 Å². The van der Waals surface area contributed by atoms with Gasteiger partial charge in [0.2, 0.25) is 0 Å². The van der Waals surface area contributed by atoms with Crippen LogP contribution in [0, 0.1) is 13.8 Å². The third kappa shape index (κ3) is 3.88. The Morgan fingerprint density at radius 2 is 2.07 bits per heavy atom. The van der Waals surface area contributed by atoms with Gasteiger partial charge in [0, 0.05) is 28.2 Å². The van der Waals surface area contributed by atoms with Crippen LogP contribution in [-0.2, 0) is 0 Å². The van der Waals surface area contributed by atoms with Crippen molar-refractivity contribution in [3.63, 3.8) is 0 Å². The van der Waals surface area contributed by atoms with Crippen LogP contribution >= 0.6 is 22.9 Å². The summed E-state index contributed by atoms with van der Waals surface area (Å²) in [5, 5.41) is 3.55. The lowest BCUT2D eigenvalue weighted by atomic mass is 10.1. The van der Waals surface area contributed by atoms with E-state index in [4.69, 9.17) is 11.6 Å². The topological polar surface area (TPSA) is 58.1 Å². The number of rotatable bonds is 4. The van der Waals surface area contributed by atoms with Gasteiger partial charge in [-0.15, -0.1) is 11.3 Å². The van der Waals surface area contributed by atoms with Crippen molar-refractivity contribution in [3.05, 3.63) is 68.8 Å². The minimum atomic E-state index is -0.0218. The zero-order chi connectivity index (χ0) is 19.7. The first-order valence-corrected chi connectivity index (χ1v) is 10.4. The fourth-order valence-corrected chi connectivity index (χ4v) is 4.67. The van der Waals surface area contributed by atoms with Gasteiger partial charge in [-0.1, -0.05) is 11.6 Å². The first-order valence-electron chi connectivity index (χ1n) is 9.24. The van der Waals surface area contributed by atoms with E-state index < -0.39 is 0 Å². The Balaban J connectivity index is 1.53. The monoisotopic (exact) mass is 412 g/mol. The molecule has 3 aromatic heterocycles. The highest BCUT2D eigenvalue weighted by atomic mass is 35.5. The van der Waals surface area contributed by atoms with E-state index in [1.165, 1.54) is 9.75 Å². The number of nitrogens with zero attached hydrogens (tertiary/aromatic N) is 3. The summed E-state index contributed by atoms with van der Waals surface area (Å²) < 4.78 is 0. The summed E-state index contributed by atoms with van der Waals surface area (Å²) in [5.41, 5.74) is 2.25. The zero-order valence-electron chi connectivity index (χ0n) is 15.8. The highest BCUT2D eigenvalue weighted by Crippen LogP contribution is 2.37. The highest BCUT2D eigenvalue weighted by molar-refractivity contribution is 7.12. The lowest BCUT2D eigenvalue weighted by Crippen LogP contribution is -2.30. The van der Waals surface area contributed by atoms with Gasteiger partial charge in [-0.3, -0.25) is 9.78 Å². The quantitative estimate of drug-likeness (QED) is 0.612. The average molecular weight is 413 g/mol. The number of likely N-dealkylation sites (tertiary alicyclic amines) is 1. The van der Waals surface area contributed by atoms with Gasteiger partial charge in [-0.25, -0.2) is 4.98 Å². The largest absolute Gasteiger partial charge is 0.338 e. The van der Waals surface area contributed by atoms with Crippen LogP contribution in [0.15, 0.2) is 42.7 Å². The number of aromatic nitrogens is 2. The number of thiophene rings is 1. The van der Waals surface area contributed by atoms with Crippen molar-refractivity contribution in [1.29, 1.82) is 0 Å². The number of hydrogen-bond acceptors (Lipinski definition) is 5. The lowest BCUT2D eigenvalue weighted by Gasteiger charge is -2.24. The van der Waals surface area contributed by atoms with Crippen LogP contribution in [0.5, 0.6) is 0 Å². The normalized spacial score (nSPS) is 16.4. The second kappa shape index (κ2) is 7.89. The third-order valence-corrected chi connectivity index (χ3v) is 6.26. The molecule has 0 aromatic carbocycles. The van der Waals surface area contributed by atoms with Gasteiger partial charge < -0.3 is 10.2 Å².